The summed E-state index contributed by atoms with van der Waals surface area (Å²) in [6.07, 6.45) is 7.28. The molecule has 6 heteroatoms. The van der Waals surface area contributed by atoms with Gasteiger partial charge in [0.2, 0.25) is 0 Å². The van der Waals surface area contributed by atoms with E-state index in [4.69, 9.17) is 9.47 Å². The Balaban J connectivity index is 2.33. The zero-order valence-corrected chi connectivity index (χ0v) is 16.3. The first kappa shape index (κ1) is 20.2. The maximum Gasteiger partial charge on any atom is 0.408 e. The Hall–Kier alpha value is -2.11. The highest BCUT2D eigenvalue weighted by atomic mass is 16.6. The molecular weight excluding hydrogens is 334 g/mol. The lowest BCUT2D eigenvalue weighted by molar-refractivity contribution is -0.158. The van der Waals surface area contributed by atoms with Gasteiger partial charge in [0.1, 0.15) is 16.8 Å². The molecule has 0 aromatic rings. The minimum absolute atomic E-state index is 0.116. The van der Waals surface area contributed by atoms with Crippen LogP contribution in [0.2, 0.25) is 0 Å². The van der Waals surface area contributed by atoms with Crippen molar-refractivity contribution in [2.24, 2.45) is 5.41 Å². The van der Waals surface area contributed by atoms with Crippen LogP contribution >= 0.6 is 0 Å². The lowest BCUT2D eigenvalue weighted by Gasteiger charge is -2.39. The maximum atomic E-state index is 12.6. The van der Waals surface area contributed by atoms with Crippen molar-refractivity contribution < 1.29 is 23.9 Å². The van der Waals surface area contributed by atoms with Crippen LogP contribution in [0.4, 0.5) is 4.79 Å². The smallest absolute Gasteiger partial charge is 0.408 e. The number of methoxy groups -OCH3 is 1. The van der Waals surface area contributed by atoms with Gasteiger partial charge < -0.3 is 14.8 Å². The summed E-state index contributed by atoms with van der Waals surface area (Å²) in [5, 5.41) is 2.91. The molecule has 2 atom stereocenters. The third-order valence-corrected chi connectivity index (χ3v) is 4.94. The molecule has 2 aliphatic carbocycles. The molecule has 1 saturated carbocycles. The molecule has 1 fully saturated rings. The molecule has 0 aromatic heterocycles. The lowest BCUT2D eigenvalue weighted by atomic mass is 9.71. The third-order valence-electron chi connectivity index (χ3n) is 4.94. The summed E-state index contributed by atoms with van der Waals surface area (Å²) in [4.78, 5) is 37.5. The molecule has 0 saturated heterocycles. The van der Waals surface area contributed by atoms with Gasteiger partial charge in [0, 0.05) is 6.42 Å². The molecule has 26 heavy (non-hydrogen) atoms. The number of alkyl carbamates (subject to hydrolysis) is 1. The predicted octanol–water partition coefficient (Wildman–Crippen LogP) is 3.46. The van der Waals surface area contributed by atoms with Crippen LogP contribution in [-0.2, 0) is 19.1 Å². The number of hydrogen-bond acceptors (Lipinski definition) is 5. The van der Waals surface area contributed by atoms with Crippen LogP contribution in [0, 0.1) is 5.41 Å². The molecule has 6 nitrogen and oxygen atoms in total. The normalized spacial score (nSPS) is 28.5. The maximum absolute atomic E-state index is 12.6. The Morgan fingerprint density at radius 2 is 2.00 bits per heavy atom. The highest BCUT2D eigenvalue weighted by Crippen LogP contribution is 2.44. The fourth-order valence-electron chi connectivity index (χ4n) is 3.68. The molecule has 0 radical (unpaired) electrons. The van der Waals surface area contributed by atoms with Gasteiger partial charge in [0.15, 0.2) is 0 Å². The van der Waals surface area contributed by atoms with E-state index in [1.807, 2.05) is 25.2 Å². The van der Waals surface area contributed by atoms with Crippen molar-refractivity contribution in [3.8, 4) is 0 Å². The third kappa shape index (κ3) is 4.34. The van der Waals surface area contributed by atoms with E-state index in [9.17, 15) is 14.4 Å². The van der Waals surface area contributed by atoms with Crippen molar-refractivity contribution in [3.05, 3.63) is 23.8 Å². The van der Waals surface area contributed by atoms with E-state index in [1.54, 1.807) is 20.8 Å². The number of ketones is 1. The number of hydrogen-bond donors (Lipinski definition) is 1. The molecule has 2 aliphatic rings. The first-order valence-electron chi connectivity index (χ1n) is 9.01. The molecule has 0 aromatic carbocycles. The summed E-state index contributed by atoms with van der Waals surface area (Å²) < 4.78 is 10.4. The summed E-state index contributed by atoms with van der Waals surface area (Å²) >= 11 is 0. The van der Waals surface area contributed by atoms with E-state index < -0.39 is 28.6 Å². The molecule has 0 aliphatic heterocycles. The van der Waals surface area contributed by atoms with Crippen LogP contribution < -0.4 is 5.32 Å². The monoisotopic (exact) mass is 363 g/mol. The van der Waals surface area contributed by atoms with Gasteiger partial charge in [0.25, 0.3) is 0 Å². The van der Waals surface area contributed by atoms with Gasteiger partial charge in [-0.3, -0.25) is 9.59 Å². The van der Waals surface area contributed by atoms with Gasteiger partial charge in [-0.15, -0.1) is 0 Å². The van der Waals surface area contributed by atoms with E-state index >= 15 is 0 Å². The fraction of sp³-hybridized carbons (Fsp3) is 0.650. The van der Waals surface area contributed by atoms with Crippen LogP contribution in [-0.4, -0.2) is 36.1 Å². The van der Waals surface area contributed by atoms with Gasteiger partial charge in [-0.05, 0) is 53.4 Å². The Morgan fingerprint density at radius 1 is 1.31 bits per heavy atom. The van der Waals surface area contributed by atoms with Gasteiger partial charge in [-0.1, -0.05) is 23.8 Å². The quantitative estimate of drug-likeness (QED) is 0.611. The Kier molecular flexibility index (Phi) is 5.64. The molecule has 0 unspecified atom stereocenters. The number of carbonyl (C=O) groups excluding carboxylic acids is 3. The van der Waals surface area contributed by atoms with Crippen LogP contribution in [0.15, 0.2) is 23.8 Å². The Morgan fingerprint density at radius 3 is 2.46 bits per heavy atom. The number of allylic oxidation sites excluding steroid dienone is 2. The van der Waals surface area contributed by atoms with Gasteiger partial charge in [-0.25, -0.2) is 4.79 Å². The summed E-state index contributed by atoms with van der Waals surface area (Å²) in [7, 11) is 1.30. The number of rotatable bonds is 4. The second kappa shape index (κ2) is 7.25. The number of Topliss-reactive ketones (excluding diaryl/α,β-unsaturated/α-hetero) is 1. The zero-order chi connectivity index (χ0) is 19.6. The molecule has 0 spiro atoms. The zero-order valence-electron chi connectivity index (χ0n) is 16.3. The van der Waals surface area contributed by atoms with E-state index in [0.29, 0.717) is 25.7 Å². The number of carbonyl (C=O) groups is 3. The number of esters is 1. The highest BCUT2D eigenvalue weighted by molar-refractivity contribution is 6.05. The molecule has 2 rings (SSSR count). The fourth-order valence-corrected chi connectivity index (χ4v) is 3.68. The number of nitrogens with one attached hydrogen (secondary N) is 1. The summed E-state index contributed by atoms with van der Waals surface area (Å²) in [6.45, 7) is 7.33. The van der Waals surface area contributed by atoms with E-state index in [1.165, 1.54) is 7.11 Å². The Bertz CT molecular complexity index is 658. The molecule has 0 heterocycles. The molecule has 144 valence electrons. The van der Waals surface area contributed by atoms with Crippen molar-refractivity contribution in [3.63, 3.8) is 0 Å². The lowest BCUT2D eigenvalue weighted by Crippen LogP contribution is -2.54. The molecular formula is C20H29NO5. The van der Waals surface area contributed by atoms with Gasteiger partial charge in [-0.2, -0.15) is 0 Å². The van der Waals surface area contributed by atoms with E-state index in [0.717, 1.165) is 5.57 Å². The molecule has 0 bridgehead atoms. The molecule has 1 N–H and O–H groups in total. The van der Waals surface area contributed by atoms with Crippen molar-refractivity contribution in [1.82, 2.24) is 5.32 Å². The first-order valence-corrected chi connectivity index (χ1v) is 9.01. The second-order valence-corrected chi connectivity index (χ2v) is 8.30. The summed E-state index contributed by atoms with van der Waals surface area (Å²) in [5.74, 6) is -0.639. The van der Waals surface area contributed by atoms with Gasteiger partial charge >= 0.3 is 12.1 Å². The standard InChI is InChI=1S/C20H29NO5/c1-14-8-11-19(12-9-14,21-17(24)26-18(2,3)4)13-20(16(23)25-5)10-6-7-15(20)22/h8-9,11H,6-7,10,12-13H2,1-5H3,(H,21,24)/t19-,20+/m0/s1. The molecule has 1 amide bonds. The SMILES string of the molecule is COC(=O)[C@@]1(C[C@]2(NC(=O)OC(C)(C)C)C=CC(C)=CC2)CCCC1=O. The summed E-state index contributed by atoms with van der Waals surface area (Å²) in [5.41, 5.74) is -1.65. The highest BCUT2D eigenvalue weighted by Gasteiger charge is 2.54. The van der Waals surface area contributed by atoms with E-state index in [2.05, 4.69) is 5.32 Å². The average molecular weight is 363 g/mol. The van der Waals surface area contributed by atoms with Crippen molar-refractivity contribution in [1.29, 1.82) is 0 Å². The van der Waals surface area contributed by atoms with Crippen molar-refractivity contribution >= 4 is 17.8 Å². The second-order valence-electron chi connectivity index (χ2n) is 8.30. The van der Waals surface area contributed by atoms with Crippen LogP contribution in [0.1, 0.15) is 59.8 Å². The van der Waals surface area contributed by atoms with Gasteiger partial charge in [0.05, 0.1) is 12.6 Å². The number of amides is 1. The van der Waals surface area contributed by atoms with Crippen LogP contribution in [0.3, 0.4) is 0 Å². The van der Waals surface area contributed by atoms with Crippen molar-refractivity contribution in [2.75, 3.05) is 7.11 Å². The largest absolute Gasteiger partial charge is 0.468 e. The average Bonchev–Trinajstić information content (AvgIpc) is 2.89. The minimum Gasteiger partial charge on any atom is -0.468 e. The van der Waals surface area contributed by atoms with Crippen LogP contribution in [0.5, 0.6) is 0 Å². The number of ether oxygens (including phenoxy) is 2. The van der Waals surface area contributed by atoms with Crippen molar-refractivity contribution in [2.45, 2.75) is 70.9 Å². The topological polar surface area (TPSA) is 81.7 Å². The summed E-state index contributed by atoms with van der Waals surface area (Å²) in [6, 6.07) is 0. The Labute approximate surface area is 155 Å². The van der Waals surface area contributed by atoms with E-state index in [-0.39, 0.29) is 12.2 Å². The first-order chi connectivity index (χ1) is 12.0. The van der Waals surface area contributed by atoms with Crippen LogP contribution in [0.25, 0.3) is 0 Å². The predicted molar refractivity (Wildman–Crippen MR) is 97.5 cm³/mol. The minimum atomic E-state index is -1.22.